The standard InChI is InChI=1S/C15H32O3Si/c1-9-13(2)14(17-12-16-6)10-11-18-19(7,8)15(3,4)5/h9,13-14H,1,10-12H2,2-8H3/t13-,14+/m1/s1. The first-order valence-electron chi connectivity index (χ1n) is 7.02. The Morgan fingerprint density at radius 3 is 2.26 bits per heavy atom. The quantitative estimate of drug-likeness (QED) is 0.361. The van der Waals surface area contributed by atoms with Crippen LogP contribution in [0.1, 0.15) is 34.1 Å². The third kappa shape index (κ3) is 6.70. The Morgan fingerprint density at radius 1 is 1.26 bits per heavy atom. The van der Waals surface area contributed by atoms with Crippen LogP contribution >= 0.6 is 0 Å². The molecule has 0 amide bonds. The van der Waals surface area contributed by atoms with E-state index in [1.165, 1.54) is 0 Å². The maximum atomic E-state index is 6.18. The van der Waals surface area contributed by atoms with E-state index in [0.717, 1.165) is 13.0 Å². The van der Waals surface area contributed by atoms with Crippen LogP contribution in [0.2, 0.25) is 18.1 Å². The van der Waals surface area contributed by atoms with Crippen molar-refractivity contribution >= 4 is 8.32 Å². The molecule has 0 aromatic carbocycles. The summed E-state index contributed by atoms with van der Waals surface area (Å²) in [5, 5.41) is 0.250. The van der Waals surface area contributed by atoms with E-state index in [1.807, 2.05) is 6.08 Å². The van der Waals surface area contributed by atoms with Crippen molar-refractivity contribution in [1.82, 2.24) is 0 Å². The minimum absolute atomic E-state index is 0.113. The summed E-state index contributed by atoms with van der Waals surface area (Å²) >= 11 is 0. The number of rotatable bonds is 9. The van der Waals surface area contributed by atoms with Gasteiger partial charge in [-0.05, 0) is 24.6 Å². The molecule has 0 N–H and O–H groups in total. The van der Waals surface area contributed by atoms with E-state index in [9.17, 15) is 0 Å². The number of hydrogen-bond acceptors (Lipinski definition) is 3. The summed E-state index contributed by atoms with van der Waals surface area (Å²) in [4.78, 5) is 0. The van der Waals surface area contributed by atoms with Crippen LogP contribution in [-0.4, -0.2) is 34.9 Å². The van der Waals surface area contributed by atoms with Crippen molar-refractivity contribution in [2.75, 3.05) is 20.5 Å². The molecule has 0 bridgehead atoms. The summed E-state index contributed by atoms with van der Waals surface area (Å²) in [5.74, 6) is 0.304. The normalized spacial score (nSPS) is 16.2. The number of hydrogen-bond donors (Lipinski definition) is 0. The minimum atomic E-state index is -1.66. The smallest absolute Gasteiger partial charge is 0.191 e. The topological polar surface area (TPSA) is 27.7 Å². The molecule has 0 aromatic rings. The van der Waals surface area contributed by atoms with Crippen molar-refractivity contribution < 1.29 is 13.9 Å². The summed E-state index contributed by atoms with van der Waals surface area (Å²) < 4.78 is 16.8. The van der Waals surface area contributed by atoms with Crippen LogP contribution in [0.15, 0.2) is 12.7 Å². The zero-order valence-corrected chi connectivity index (χ0v) is 14.8. The predicted molar refractivity (Wildman–Crippen MR) is 83.9 cm³/mol. The highest BCUT2D eigenvalue weighted by molar-refractivity contribution is 6.74. The van der Waals surface area contributed by atoms with Crippen LogP contribution in [0, 0.1) is 5.92 Å². The molecule has 0 fully saturated rings. The highest BCUT2D eigenvalue weighted by Gasteiger charge is 2.37. The van der Waals surface area contributed by atoms with Crippen LogP contribution in [-0.2, 0) is 13.9 Å². The van der Waals surface area contributed by atoms with Crippen molar-refractivity contribution in [2.45, 2.75) is 58.4 Å². The monoisotopic (exact) mass is 288 g/mol. The fraction of sp³-hybridized carbons (Fsp3) is 0.867. The first-order chi connectivity index (χ1) is 8.65. The number of ether oxygens (including phenoxy) is 2. The van der Waals surface area contributed by atoms with Crippen molar-refractivity contribution in [3.05, 3.63) is 12.7 Å². The zero-order valence-electron chi connectivity index (χ0n) is 13.8. The first kappa shape index (κ1) is 18.8. The van der Waals surface area contributed by atoms with Crippen molar-refractivity contribution in [1.29, 1.82) is 0 Å². The van der Waals surface area contributed by atoms with Crippen LogP contribution in [0.3, 0.4) is 0 Å². The van der Waals surface area contributed by atoms with Gasteiger partial charge in [-0.15, -0.1) is 6.58 Å². The number of methoxy groups -OCH3 is 1. The molecule has 0 heterocycles. The molecule has 0 aliphatic rings. The van der Waals surface area contributed by atoms with E-state index in [1.54, 1.807) is 7.11 Å². The molecule has 2 atom stereocenters. The first-order valence-corrected chi connectivity index (χ1v) is 9.93. The van der Waals surface area contributed by atoms with E-state index in [-0.39, 0.29) is 11.1 Å². The van der Waals surface area contributed by atoms with Crippen LogP contribution < -0.4 is 0 Å². The van der Waals surface area contributed by atoms with Crippen molar-refractivity contribution in [3.63, 3.8) is 0 Å². The van der Waals surface area contributed by atoms with Gasteiger partial charge in [0.2, 0.25) is 0 Å². The van der Waals surface area contributed by atoms with Gasteiger partial charge in [-0.1, -0.05) is 33.8 Å². The van der Waals surface area contributed by atoms with E-state index < -0.39 is 8.32 Å². The van der Waals surface area contributed by atoms with Crippen LogP contribution in [0.5, 0.6) is 0 Å². The molecule has 0 unspecified atom stereocenters. The fourth-order valence-corrected chi connectivity index (χ4v) is 2.51. The van der Waals surface area contributed by atoms with E-state index in [4.69, 9.17) is 13.9 Å². The van der Waals surface area contributed by atoms with Gasteiger partial charge in [-0.3, -0.25) is 0 Å². The zero-order chi connectivity index (χ0) is 15.1. The summed E-state index contributed by atoms with van der Waals surface area (Å²) in [6, 6.07) is 0. The highest BCUT2D eigenvalue weighted by Crippen LogP contribution is 2.36. The largest absolute Gasteiger partial charge is 0.417 e. The van der Waals surface area contributed by atoms with E-state index in [0.29, 0.717) is 12.7 Å². The maximum absolute atomic E-state index is 6.18. The summed E-state index contributed by atoms with van der Waals surface area (Å²) in [5.41, 5.74) is 0. The Balaban J connectivity index is 4.29. The molecule has 0 rings (SSSR count). The van der Waals surface area contributed by atoms with E-state index >= 15 is 0 Å². The second-order valence-corrected chi connectivity index (χ2v) is 11.4. The van der Waals surface area contributed by atoms with Crippen molar-refractivity contribution in [2.24, 2.45) is 5.92 Å². The Kier molecular flexibility index (Phi) is 8.13. The van der Waals surface area contributed by atoms with Gasteiger partial charge < -0.3 is 13.9 Å². The lowest BCUT2D eigenvalue weighted by Crippen LogP contribution is -2.41. The van der Waals surface area contributed by atoms with Crippen LogP contribution in [0.4, 0.5) is 0 Å². The van der Waals surface area contributed by atoms with Gasteiger partial charge in [-0.25, -0.2) is 0 Å². The average Bonchev–Trinajstić information content (AvgIpc) is 2.31. The predicted octanol–water partition coefficient (Wildman–Crippen LogP) is 4.21. The molecule has 3 nitrogen and oxygen atoms in total. The van der Waals surface area contributed by atoms with Crippen LogP contribution in [0.25, 0.3) is 0 Å². The van der Waals surface area contributed by atoms with Gasteiger partial charge in [0.25, 0.3) is 0 Å². The molecular weight excluding hydrogens is 256 g/mol. The molecule has 0 saturated heterocycles. The second-order valence-electron chi connectivity index (χ2n) is 6.60. The Morgan fingerprint density at radius 2 is 1.84 bits per heavy atom. The van der Waals surface area contributed by atoms with Gasteiger partial charge >= 0.3 is 0 Å². The Bertz CT molecular complexity index is 259. The second kappa shape index (κ2) is 8.20. The van der Waals surface area contributed by atoms with Gasteiger partial charge in [0.05, 0.1) is 6.10 Å². The molecule has 19 heavy (non-hydrogen) atoms. The molecule has 0 spiro atoms. The van der Waals surface area contributed by atoms with Gasteiger partial charge in [0.15, 0.2) is 8.32 Å². The molecule has 4 heteroatoms. The molecule has 0 aliphatic carbocycles. The molecule has 0 saturated carbocycles. The lowest BCUT2D eigenvalue weighted by atomic mass is 10.0. The molecular formula is C15H32O3Si. The minimum Gasteiger partial charge on any atom is -0.417 e. The summed E-state index contributed by atoms with van der Waals surface area (Å²) in [6.07, 6.45) is 2.91. The lowest BCUT2D eigenvalue weighted by molar-refractivity contribution is -0.0883. The Labute approximate surface area is 120 Å². The molecule has 0 aromatic heterocycles. The molecule has 114 valence electrons. The maximum Gasteiger partial charge on any atom is 0.191 e. The fourth-order valence-electron chi connectivity index (χ4n) is 1.45. The van der Waals surface area contributed by atoms with Gasteiger partial charge in [0, 0.05) is 19.6 Å². The lowest BCUT2D eigenvalue weighted by Gasteiger charge is -2.36. The summed E-state index contributed by atoms with van der Waals surface area (Å²) in [6.45, 7) is 18.3. The Hall–Kier alpha value is -0.163. The molecule has 0 aliphatic heterocycles. The van der Waals surface area contributed by atoms with Gasteiger partial charge in [0.1, 0.15) is 6.79 Å². The SMILES string of the molecule is C=C[C@@H](C)[C@H](CCO[Si](C)(C)C(C)(C)C)OCOC. The van der Waals surface area contributed by atoms with E-state index in [2.05, 4.69) is 47.4 Å². The highest BCUT2D eigenvalue weighted by atomic mass is 28.4. The van der Waals surface area contributed by atoms with Crippen molar-refractivity contribution in [3.8, 4) is 0 Å². The molecule has 0 radical (unpaired) electrons. The third-order valence-electron chi connectivity index (χ3n) is 4.03. The van der Waals surface area contributed by atoms with Gasteiger partial charge in [-0.2, -0.15) is 0 Å². The third-order valence-corrected chi connectivity index (χ3v) is 8.57. The summed E-state index contributed by atoms with van der Waals surface area (Å²) in [7, 11) is -0.0200. The average molecular weight is 289 g/mol.